The van der Waals surface area contributed by atoms with E-state index in [1.807, 2.05) is 72.2 Å². The molecule has 0 fully saturated rings. The minimum Gasteiger partial charge on any atom is -0.434 e. The Bertz CT molecular complexity index is 951. The van der Waals surface area contributed by atoms with Gasteiger partial charge in [-0.15, -0.1) is 0 Å². The van der Waals surface area contributed by atoms with E-state index in [2.05, 4.69) is 16.8 Å². The van der Waals surface area contributed by atoms with Crippen molar-refractivity contribution in [3.8, 4) is 23.4 Å². The summed E-state index contributed by atoms with van der Waals surface area (Å²) in [6.45, 7) is 3.77. The fraction of sp³-hybridized carbons (Fsp3) is 0.143. The second kappa shape index (κ2) is 8.04. The van der Waals surface area contributed by atoms with E-state index >= 15 is 0 Å². The fourth-order valence-electron chi connectivity index (χ4n) is 2.43. The van der Waals surface area contributed by atoms with Crippen molar-refractivity contribution in [1.82, 2.24) is 9.55 Å². The van der Waals surface area contributed by atoms with Crippen LogP contribution in [0.2, 0.25) is 0 Å². The second-order valence-corrected chi connectivity index (χ2v) is 5.40. The van der Waals surface area contributed by atoms with Gasteiger partial charge in [-0.3, -0.25) is 4.57 Å². The Morgan fingerprint density at radius 1 is 1.04 bits per heavy atom. The van der Waals surface area contributed by atoms with Crippen molar-refractivity contribution in [2.24, 2.45) is 0 Å². The van der Waals surface area contributed by atoms with Gasteiger partial charge in [-0.2, -0.15) is 4.98 Å². The Balaban J connectivity index is 2.04. The molecule has 1 aromatic heterocycles. The number of benzene rings is 2. The SMILES string of the molecule is CCOC(=O)Oc1nc(C#Cc2ccccc2)n(-c2ccccc2)c1C. The van der Waals surface area contributed by atoms with E-state index < -0.39 is 6.16 Å². The molecule has 0 N–H and O–H groups in total. The molecule has 130 valence electrons. The Morgan fingerprint density at radius 2 is 1.69 bits per heavy atom. The predicted octanol–water partition coefficient (Wildman–Crippen LogP) is 4.12. The summed E-state index contributed by atoms with van der Waals surface area (Å²) in [6.07, 6.45) is -0.782. The van der Waals surface area contributed by atoms with Crippen molar-refractivity contribution in [1.29, 1.82) is 0 Å². The summed E-state index contributed by atoms with van der Waals surface area (Å²) in [4.78, 5) is 16.1. The summed E-state index contributed by atoms with van der Waals surface area (Å²) in [7, 11) is 0. The third kappa shape index (κ3) is 3.93. The summed E-state index contributed by atoms with van der Waals surface area (Å²) >= 11 is 0. The lowest BCUT2D eigenvalue weighted by Crippen LogP contribution is -2.11. The molecular weight excluding hydrogens is 328 g/mol. The van der Waals surface area contributed by atoms with Crippen LogP contribution in [0.15, 0.2) is 60.7 Å². The van der Waals surface area contributed by atoms with Gasteiger partial charge in [0.25, 0.3) is 0 Å². The lowest BCUT2D eigenvalue weighted by molar-refractivity contribution is 0.102. The van der Waals surface area contributed by atoms with Crippen LogP contribution >= 0.6 is 0 Å². The molecule has 0 aliphatic heterocycles. The number of imidazole rings is 1. The predicted molar refractivity (Wildman–Crippen MR) is 98.4 cm³/mol. The highest BCUT2D eigenvalue weighted by atomic mass is 16.7. The molecule has 3 aromatic rings. The molecule has 0 bridgehead atoms. The van der Waals surface area contributed by atoms with Crippen molar-refractivity contribution >= 4 is 6.16 Å². The highest BCUT2D eigenvalue weighted by Gasteiger charge is 2.18. The van der Waals surface area contributed by atoms with Gasteiger partial charge >= 0.3 is 6.16 Å². The zero-order valence-electron chi connectivity index (χ0n) is 14.6. The van der Waals surface area contributed by atoms with Crippen LogP contribution in [0.1, 0.15) is 24.0 Å². The minimum absolute atomic E-state index is 0.185. The van der Waals surface area contributed by atoms with Gasteiger partial charge in [0.15, 0.2) is 5.82 Å². The summed E-state index contributed by atoms with van der Waals surface area (Å²) < 4.78 is 11.9. The molecule has 0 aliphatic rings. The molecule has 0 saturated carbocycles. The van der Waals surface area contributed by atoms with E-state index in [-0.39, 0.29) is 12.5 Å². The molecule has 0 atom stereocenters. The van der Waals surface area contributed by atoms with Crippen LogP contribution < -0.4 is 4.74 Å². The van der Waals surface area contributed by atoms with Crippen LogP contribution in [0.4, 0.5) is 4.79 Å². The summed E-state index contributed by atoms with van der Waals surface area (Å²) in [5, 5.41) is 0. The van der Waals surface area contributed by atoms with Crippen LogP contribution in [0.3, 0.4) is 0 Å². The van der Waals surface area contributed by atoms with E-state index in [4.69, 9.17) is 9.47 Å². The summed E-state index contributed by atoms with van der Waals surface area (Å²) in [6, 6.07) is 19.3. The Labute approximate surface area is 152 Å². The number of ether oxygens (including phenoxy) is 2. The molecule has 5 nitrogen and oxygen atoms in total. The molecule has 0 aliphatic carbocycles. The maximum atomic E-state index is 11.7. The quantitative estimate of drug-likeness (QED) is 0.529. The number of aromatic nitrogens is 2. The summed E-state index contributed by atoms with van der Waals surface area (Å²) in [5.74, 6) is 6.82. The van der Waals surface area contributed by atoms with Crippen molar-refractivity contribution in [3.63, 3.8) is 0 Å². The summed E-state index contributed by atoms with van der Waals surface area (Å²) in [5.41, 5.74) is 2.43. The van der Waals surface area contributed by atoms with E-state index in [1.54, 1.807) is 6.92 Å². The number of para-hydroxylation sites is 1. The van der Waals surface area contributed by atoms with Crippen molar-refractivity contribution in [2.75, 3.05) is 6.61 Å². The smallest absolute Gasteiger partial charge is 0.434 e. The van der Waals surface area contributed by atoms with Gasteiger partial charge in [-0.1, -0.05) is 42.3 Å². The molecule has 0 saturated heterocycles. The van der Waals surface area contributed by atoms with Gasteiger partial charge in [-0.05, 0) is 44.0 Å². The van der Waals surface area contributed by atoms with Gasteiger partial charge in [0, 0.05) is 11.3 Å². The highest BCUT2D eigenvalue weighted by Crippen LogP contribution is 2.23. The van der Waals surface area contributed by atoms with Crippen LogP contribution in [-0.2, 0) is 4.74 Å². The van der Waals surface area contributed by atoms with E-state index in [0.717, 1.165) is 11.3 Å². The molecule has 1 heterocycles. The fourth-order valence-corrected chi connectivity index (χ4v) is 2.43. The monoisotopic (exact) mass is 346 g/mol. The average Bonchev–Trinajstić information content (AvgIpc) is 2.97. The zero-order valence-corrected chi connectivity index (χ0v) is 14.6. The van der Waals surface area contributed by atoms with E-state index in [1.165, 1.54) is 0 Å². The van der Waals surface area contributed by atoms with Crippen LogP contribution in [0, 0.1) is 18.8 Å². The van der Waals surface area contributed by atoms with E-state index in [9.17, 15) is 4.79 Å². The first-order valence-corrected chi connectivity index (χ1v) is 8.25. The average molecular weight is 346 g/mol. The number of carbonyl (C=O) groups excluding carboxylic acids is 1. The number of carbonyl (C=O) groups is 1. The number of hydrogen-bond donors (Lipinski definition) is 0. The lowest BCUT2D eigenvalue weighted by Gasteiger charge is -2.07. The van der Waals surface area contributed by atoms with Crippen molar-refractivity contribution in [3.05, 3.63) is 77.7 Å². The molecule has 5 heteroatoms. The molecule has 0 spiro atoms. The topological polar surface area (TPSA) is 53.4 Å². The van der Waals surface area contributed by atoms with Gasteiger partial charge in [0.05, 0.1) is 12.3 Å². The Kier molecular flexibility index (Phi) is 5.35. The standard InChI is InChI=1S/C21H18N2O3/c1-3-25-21(24)26-20-16(2)23(18-12-8-5-9-13-18)19(22-20)15-14-17-10-6-4-7-11-17/h4-13H,3H2,1-2H3. The van der Waals surface area contributed by atoms with E-state index in [0.29, 0.717) is 11.5 Å². The van der Waals surface area contributed by atoms with Crippen LogP contribution in [0.25, 0.3) is 5.69 Å². The molecule has 26 heavy (non-hydrogen) atoms. The normalized spacial score (nSPS) is 9.92. The maximum absolute atomic E-state index is 11.7. The van der Waals surface area contributed by atoms with Gasteiger partial charge in [0.1, 0.15) is 0 Å². The molecule has 0 amide bonds. The zero-order chi connectivity index (χ0) is 18.4. The van der Waals surface area contributed by atoms with Crippen molar-refractivity contribution < 1.29 is 14.3 Å². The maximum Gasteiger partial charge on any atom is 0.515 e. The highest BCUT2D eigenvalue weighted by molar-refractivity contribution is 5.64. The van der Waals surface area contributed by atoms with Crippen LogP contribution in [-0.4, -0.2) is 22.3 Å². The Morgan fingerprint density at radius 3 is 2.35 bits per heavy atom. The van der Waals surface area contributed by atoms with Crippen LogP contribution in [0.5, 0.6) is 5.88 Å². The van der Waals surface area contributed by atoms with Gasteiger partial charge in [-0.25, -0.2) is 4.79 Å². The molecule has 3 rings (SSSR count). The first kappa shape index (κ1) is 17.3. The van der Waals surface area contributed by atoms with Gasteiger partial charge in [0.2, 0.25) is 5.88 Å². The molecule has 2 aromatic carbocycles. The first-order chi connectivity index (χ1) is 12.7. The van der Waals surface area contributed by atoms with Crippen molar-refractivity contribution in [2.45, 2.75) is 13.8 Å². The number of nitrogens with zero attached hydrogens (tertiary/aromatic N) is 2. The molecular formula is C21H18N2O3. The third-order valence-corrected chi connectivity index (χ3v) is 3.61. The Hall–Kier alpha value is -3.52. The number of hydrogen-bond acceptors (Lipinski definition) is 4. The minimum atomic E-state index is -0.782. The molecule has 0 unspecified atom stereocenters. The van der Waals surface area contributed by atoms with Gasteiger partial charge < -0.3 is 9.47 Å². The largest absolute Gasteiger partial charge is 0.515 e. The third-order valence-electron chi connectivity index (χ3n) is 3.61. The first-order valence-electron chi connectivity index (χ1n) is 8.25. The lowest BCUT2D eigenvalue weighted by atomic mass is 10.2. The number of rotatable bonds is 3. The molecule has 0 radical (unpaired) electrons. The second-order valence-electron chi connectivity index (χ2n) is 5.40.